The highest BCUT2D eigenvalue weighted by Gasteiger charge is 2.66. The van der Waals surface area contributed by atoms with Gasteiger partial charge in [-0.15, -0.1) is 0 Å². The van der Waals surface area contributed by atoms with E-state index in [0.29, 0.717) is 28.3 Å². The summed E-state index contributed by atoms with van der Waals surface area (Å²) in [6.45, 7) is 5.12. The molecule has 9 nitrogen and oxygen atoms in total. The first-order valence-electron chi connectivity index (χ1n) is 17.2. The van der Waals surface area contributed by atoms with Gasteiger partial charge in [0.15, 0.2) is 5.60 Å². The molecular formula is C41H44FN3O6. The molecule has 0 aromatic heterocycles. The number of benzene rings is 4. The fourth-order valence-corrected chi connectivity index (χ4v) is 7.75. The zero-order valence-corrected chi connectivity index (χ0v) is 29.3. The predicted molar refractivity (Wildman–Crippen MR) is 193 cm³/mol. The van der Waals surface area contributed by atoms with E-state index in [9.17, 15) is 19.5 Å². The van der Waals surface area contributed by atoms with Crippen LogP contribution < -0.4 is 15.0 Å². The number of carbonyl (C=O) groups is 3. The van der Waals surface area contributed by atoms with E-state index in [2.05, 4.69) is 5.32 Å². The highest BCUT2D eigenvalue weighted by Crippen LogP contribution is 2.58. The second-order valence-electron chi connectivity index (χ2n) is 13.8. The van der Waals surface area contributed by atoms with Crippen LogP contribution in [-0.4, -0.2) is 59.8 Å². The number of amides is 3. The maximum atomic E-state index is 16.2. The minimum atomic E-state index is -1.78. The number of aliphatic hydroxyl groups is 1. The fourth-order valence-electron chi connectivity index (χ4n) is 7.75. The quantitative estimate of drug-likeness (QED) is 0.176. The van der Waals surface area contributed by atoms with Gasteiger partial charge in [0, 0.05) is 41.7 Å². The molecule has 1 spiro atoms. The van der Waals surface area contributed by atoms with Gasteiger partial charge in [-0.3, -0.25) is 14.4 Å². The number of methoxy groups -OCH3 is 1. The zero-order chi connectivity index (χ0) is 36.3. The van der Waals surface area contributed by atoms with Gasteiger partial charge in [0.25, 0.3) is 11.8 Å². The van der Waals surface area contributed by atoms with Gasteiger partial charge in [-0.1, -0.05) is 67.6 Å². The Morgan fingerprint density at radius 2 is 1.67 bits per heavy atom. The number of para-hydroxylation sites is 1. The Bertz CT molecular complexity index is 1880. The Balaban J connectivity index is 1.26. The lowest BCUT2D eigenvalue weighted by molar-refractivity contribution is -0.150. The molecule has 266 valence electrons. The Morgan fingerprint density at radius 1 is 0.980 bits per heavy atom. The van der Waals surface area contributed by atoms with E-state index in [1.54, 1.807) is 47.2 Å². The normalized spacial score (nSPS) is 21.1. The molecule has 4 aromatic rings. The highest BCUT2D eigenvalue weighted by molar-refractivity contribution is 6.08. The molecule has 0 saturated carbocycles. The fraction of sp³-hybridized carbons (Fsp3) is 0.341. The summed E-state index contributed by atoms with van der Waals surface area (Å²) in [5.74, 6) is -1.67. The van der Waals surface area contributed by atoms with E-state index >= 15 is 4.39 Å². The lowest BCUT2D eigenvalue weighted by Crippen LogP contribution is -2.45. The molecule has 3 amide bonds. The van der Waals surface area contributed by atoms with Crippen molar-refractivity contribution in [3.05, 3.63) is 125 Å². The van der Waals surface area contributed by atoms with Crippen LogP contribution in [0.5, 0.6) is 5.75 Å². The first-order chi connectivity index (χ1) is 24.5. The van der Waals surface area contributed by atoms with Gasteiger partial charge in [0.05, 0.1) is 38.5 Å². The highest BCUT2D eigenvalue weighted by atomic mass is 19.1. The largest absolute Gasteiger partial charge is 0.497 e. The average Bonchev–Trinajstić information content (AvgIpc) is 3.54. The van der Waals surface area contributed by atoms with Crippen molar-refractivity contribution in [2.24, 2.45) is 11.8 Å². The molecule has 0 radical (unpaired) electrons. The maximum absolute atomic E-state index is 16.2. The van der Waals surface area contributed by atoms with E-state index in [1.165, 1.54) is 13.8 Å². The third-order valence-corrected chi connectivity index (χ3v) is 10.1. The number of hydrogen-bond donors (Lipinski definition) is 2. The van der Waals surface area contributed by atoms with E-state index in [1.807, 2.05) is 79.7 Å². The predicted octanol–water partition coefficient (Wildman–Crippen LogP) is 6.50. The molecule has 0 aliphatic carbocycles. The van der Waals surface area contributed by atoms with Crippen LogP contribution in [0.15, 0.2) is 103 Å². The molecule has 1 fully saturated rings. The summed E-state index contributed by atoms with van der Waals surface area (Å²) in [5, 5.41) is 12.7. The van der Waals surface area contributed by atoms with E-state index in [0.717, 1.165) is 11.1 Å². The molecule has 0 unspecified atom stereocenters. The molecule has 1 saturated heterocycles. The molecule has 10 heteroatoms. The van der Waals surface area contributed by atoms with E-state index in [-0.39, 0.29) is 50.4 Å². The van der Waals surface area contributed by atoms with Crippen molar-refractivity contribution in [2.75, 3.05) is 30.5 Å². The van der Waals surface area contributed by atoms with Crippen molar-refractivity contribution < 1.29 is 33.4 Å². The molecule has 2 aliphatic rings. The summed E-state index contributed by atoms with van der Waals surface area (Å²) >= 11 is 0. The second-order valence-corrected chi connectivity index (χ2v) is 13.8. The van der Waals surface area contributed by atoms with Crippen molar-refractivity contribution in [1.82, 2.24) is 4.90 Å². The lowest BCUT2D eigenvalue weighted by Gasteiger charge is -2.32. The van der Waals surface area contributed by atoms with Crippen molar-refractivity contribution >= 4 is 29.1 Å². The van der Waals surface area contributed by atoms with Gasteiger partial charge in [-0.05, 0) is 67.4 Å². The summed E-state index contributed by atoms with van der Waals surface area (Å²) in [6.07, 6.45) is -1.06. The molecule has 4 atom stereocenters. The Kier molecular flexibility index (Phi) is 10.3. The molecule has 2 heterocycles. The minimum Gasteiger partial charge on any atom is -0.497 e. The number of rotatable bonds is 12. The second kappa shape index (κ2) is 14.7. The summed E-state index contributed by atoms with van der Waals surface area (Å²) in [5.41, 5.74) is 0.682. The SMILES string of the molecule is COc1ccc(C(=O)Nc2cccc(CN3C(=O)[C@]4(O[C@H](CC(=O)N(CCO)Cc5ccccc5)[C@@H](C(C)(C)F)[C@@H]4C)c4ccccc43)c2)cc1. The van der Waals surface area contributed by atoms with Crippen molar-refractivity contribution in [2.45, 2.75) is 57.7 Å². The summed E-state index contributed by atoms with van der Waals surface area (Å²) in [4.78, 5) is 44.7. The van der Waals surface area contributed by atoms with Gasteiger partial charge < -0.3 is 29.7 Å². The Hall–Kier alpha value is -5.06. The number of nitrogens with zero attached hydrogens (tertiary/aromatic N) is 2. The van der Waals surface area contributed by atoms with Crippen LogP contribution in [0.3, 0.4) is 0 Å². The minimum absolute atomic E-state index is 0.111. The van der Waals surface area contributed by atoms with Gasteiger partial charge >= 0.3 is 0 Å². The molecule has 2 aliphatic heterocycles. The number of aliphatic hydroxyl groups excluding tert-OH is 1. The number of nitrogens with one attached hydrogen (secondary N) is 1. The van der Waals surface area contributed by atoms with E-state index in [4.69, 9.17) is 9.47 Å². The van der Waals surface area contributed by atoms with Crippen LogP contribution in [0.1, 0.15) is 54.2 Å². The first kappa shape index (κ1) is 35.8. The van der Waals surface area contributed by atoms with Crippen molar-refractivity contribution in [1.29, 1.82) is 0 Å². The maximum Gasteiger partial charge on any atom is 0.264 e. The van der Waals surface area contributed by atoms with Gasteiger partial charge in [0.2, 0.25) is 5.91 Å². The summed E-state index contributed by atoms with van der Waals surface area (Å²) in [7, 11) is 1.56. The molecule has 51 heavy (non-hydrogen) atoms. The van der Waals surface area contributed by atoms with Crippen LogP contribution in [0.4, 0.5) is 15.8 Å². The van der Waals surface area contributed by atoms with Crippen LogP contribution in [0.25, 0.3) is 0 Å². The van der Waals surface area contributed by atoms with Crippen LogP contribution in [0, 0.1) is 11.8 Å². The van der Waals surface area contributed by atoms with Gasteiger partial charge in [0.1, 0.15) is 11.4 Å². The molecule has 2 N–H and O–H groups in total. The van der Waals surface area contributed by atoms with Crippen LogP contribution in [-0.2, 0) is 33.0 Å². The Morgan fingerprint density at radius 3 is 2.35 bits per heavy atom. The number of alkyl halides is 1. The number of ether oxygens (including phenoxy) is 2. The number of anilines is 2. The van der Waals surface area contributed by atoms with Crippen molar-refractivity contribution in [3.8, 4) is 5.75 Å². The Labute approximate surface area is 298 Å². The van der Waals surface area contributed by atoms with Crippen LogP contribution >= 0.6 is 0 Å². The number of halogens is 1. The van der Waals surface area contributed by atoms with Crippen molar-refractivity contribution in [3.63, 3.8) is 0 Å². The third kappa shape index (κ3) is 7.11. The standard InChI is InChI=1S/C41H44FN3O6/c1-27-37(40(2,3)42)35(24-36(47)44(21-22-46)25-28-11-6-5-7-12-28)51-41(27)33-15-8-9-16-34(33)45(39(41)49)26-29-13-10-14-31(23-29)43-38(48)30-17-19-32(50-4)20-18-30/h5-20,23,27,35,37,46H,21-22,24-26H2,1-4H3,(H,43,48)/t27-,35+,37-,41+/m0/s1. The zero-order valence-electron chi connectivity index (χ0n) is 29.3. The third-order valence-electron chi connectivity index (χ3n) is 10.1. The van der Waals surface area contributed by atoms with Gasteiger partial charge in [-0.25, -0.2) is 4.39 Å². The topological polar surface area (TPSA) is 108 Å². The van der Waals surface area contributed by atoms with E-state index < -0.39 is 29.2 Å². The molecule has 4 aromatic carbocycles. The first-order valence-corrected chi connectivity index (χ1v) is 17.2. The average molecular weight is 694 g/mol. The summed E-state index contributed by atoms with van der Waals surface area (Å²) < 4.78 is 28.2. The van der Waals surface area contributed by atoms with Crippen LogP contribution in [0.2, 0.25) is 0 Å². The number of fused-ring (bicyclic) bond motifs is 2. The summed E-state index contributed by atoms with van der Waals surface area (Å²) in [6, 6.07) is 30.9. The van der Waals surface area contributed by atoms with Gasteiger partial charge in [-0.2, -0.15) is 0 Å². The number of hydrogen-bond acceptors (Lipinski definition) is 6. The number of carbonyl (C=O) groups excluding carboxylic acids is 3. The molecule has 0 bridgehead atoms. The molecule has 6 rings (SSSR count). The monoisotopic (exact) mass is 693 g/mol. The molecular weight excluding hydrogens is 649 g/mol. The smallest absolute Gasteiger partial charge is 0.264 e. The lowest BCUT2D eigenvalue weighted by atomic mass is 9.71.